The van der Waals surface area contributed by atoms with Gasteiger partial charge in [0.1, 0.15) is 12.3 Å². The molecule has 110 valence electrons. The molecule has 0 bridgehead atoms. The summed E-state index contributed by atoms with van der Waals surface area (Å²) in [5.41, 5.74) is 2.09. The third-order valence-corrected chi connectivity index (χ3v) is 3.20. The van der Waals surface area contributed by atoms with Crippen molar-refractivity contribution in [2.75, 3.05) is 25.7 Å². The van der Waals surface area contributed by atoms with Crippen LogP contribution in [0, 0.1) is 0 Å². The van der Waals surface area contributed by atoms with E-state index in [-0.39, 0.29) is 12.5 Å². The molecule has 0 aromatic heterocycles. The second-order valence-corrected chi connectivity index (χ2v) is 4.62. The molecule has 0 fully saturated rings. The number of anilines is 1. The lowest BCUT2D eigenvalue weighted by molar-refractivity contribution is -0.138. The van der Waals surface area contributed by atoms with Crippen LogP contribution < -0.4 is 9.64 Å². The first kappa shape index (κ1) is 14.9. The minimum absolute atomic E-state index is 0.206. The molecule has 4 heteroatoms. The summed E-state index contributed by atoms with van der Waals surface area (Å²) in [5, 5.41) is 0. The first-order valence-electron chi connectivity index (χ1n) is 6.72. The zero-order valence-electron chi connectivity index (χ0n) is 12.3. The van der Waals surface area contributed by atoms with E-state index in [9.17, 15) is 4.79 Å². The molecular weight excluding hydrogens is 266 g/mol. The van der Waals surface area contributed by atoms with Gasteiger partial charge in [-0.05, 0) is 29.8 Å². The monoisotopic (exact) mass is 285 g/mol. The minimum atomic E-state index is -0.262. The average molecular weight is 285 g/mol. The summed E-state index contributed by atoms with van der Waals surface area (Å²) in [4.78, 5) is 13.6. The second-order valence-electron chi connectivity index (χ2n) is 4.62. The molecule has 0 aliphatic heterocycles. The van der Waals surface area contributed by atoms with Crippen LogP contribution in [0.3, 0.4) is 0 Å². The molecule has 0 amide bonds. The van der Waals surface area contributed by atoms with Gasteiger partial charge in [-0.1, -0.05) is 30.3 Å². The second kappa shape index (κ2) is 7.33. The topological polar surface area (TPSA) is 38.8 Å². The van der Waals surface area contributed by atoms with Gasteiger partial charge in [0.2, 0.25) is 0 Å². The van der Waals surface area contributed by atoms with Gasteiger partial charge in [-0.2, -0.15) is 0 Å². The number of benzene rings is 2. The largest absolute Gasteiger partial charge is 0.497 e. The third kappa shape index (κ3) is 4.24. The summed E-state index contributed by atoms with van der Waals surface area (Å²) >= 11 is 0. The van der Waals surface area contributed by atoms with Crippen molar-refractivity contribution in [2.45, 2.75) is 6.54 Å². The maximum atomic E-state index is 11.6. The fraction of sp³-hybridized carbons (Fsp3) is 0.235. The van der Waals surface area contributed by atoms with Crippen molar-refractivity contribution in [1.29, 1.82) is 0 Å². The Morgan fingerprint density at radius 1 is 1.00 bits per heavy atom. The number of esters is 1. The zero-order valence-corrected chi connectivity index (χ0v) is 12.3. The Bertz CT molecular complexity index is 566. The highest BCUT2D eigenvalue weighted by Gasteiger charge is 2.12. The zero-order chi connectivity index (χ0) is 15.1. The molecule has 0 spiro atoms. The molecule has 0 atom stereocenters. The molecule has 0 aliphatic carbocycles. The first-order chi connectivity index (χ1) is 10.2. The van der Waals surface area contributed by atoms with Gasteiger partial charge in [0, 0.05) is 12.2 Å². The van der Waals surface area contributed by atoms with Crippen molar-refractivity contribution in [2.24, 2.45) is 0 Å². The lowest BCUT2D eigenvalue weighted by atomic mass is 10.2. The lowest BCUT2D eigenvalue weighted by Gasteiger charge is -2.24. The molecule has 0 unspecified atom stereocenters. The number of ether oxygens (including phenoxy) is 2. The van der Waals surface area contributed by atoms with E-state index in [0.717, 1.165) is 17.0 Å². The SMILES string of the molecule is COC(=O)CN(Cc1ccccc1)c1ccc(OC)cc1. The normalized spacial score (nSPS) is 10.0. The van der Waals surface area contributed by atoms with Crippen LogP contribution in [0.15, 0.2) is 54.6 Å². The summed E-state index contributed by atoms with van der Waals surface area (Å²) in [5.74, 6) is 0.526. The van der Waals surface area contributed by atoms with Crippen molar-refractivity contribution < 1.29 is 14.3 Å². The predicted molar refractivity (Wildman–Crippen MR) is 82.5 cm³/mol. The van der Waals surface area contributed by atoms with Gasteiger partial charge in [-0.3, -0.25) is 4.79 Å². The molecule has 0 radical (unpaired) electrons. The molecular formula is C17H19NO3. The average Bonchev–Trinajstić information content (AvgIpc) is 2.55. The van der Waals surface area contributed by atoms with Gasteiger partial charge >= 0.3 is 5.97 Å². The number of methoxy groups -OCH3 is 2. The maximum absolute atomic E-state index is 11.6. The van der Waals surface area contributed by atoms with Crippen molar-refractivity contribution in [3.05, 3.63) is 60.2 Å². The Balaban J connectivity index is 2.19. The summed E-state index contributed by atoms with van der Waals surface area (Å²) in [7, 11) is 3.03. The molecule has 2 rings (SSSR count). The van der Waals surface area contributed by atoms with Crippen molar-refractivity contribution >= 4 is 11.7 Å². The molecule has 0 aliphatic rings. The first-order valence-corrected chi connectivity index (χ1v) is 6.72. The molecule has 0 N–H and O–H groups in total. The van der Waals surface area contributed by atoms with E-state index in [1.165, 1.54) is 7.11 Å². The summed E-state index contributed by atoms with van der Waals surface area (Å²) < 4.78 is 9.94. The Morgan fingerprint density at radius 3 is 2.24 bits per heavy atom. The summed E-state index contributed by atoms with van der Waals surface area (Å²) in [6.07, 6.45) is 0. The number of hydrogen-bond donors (Lipinski definition) is 0. The van der Waals surface area contributed by atoms with E-state index in [1.54, 1.807) is 7.11 Å². The molecule has 0 saturated carbocycles. The molecule has 2 aromatic rings. The molecule has 2 aromatic carbocycles. The fourth-order valence-corrected chi connectivity index (χ4v) is 2.06. The van der Waals surface area contributed by atoms with Crippen LogP contribution in [0.1, 0.15) is 5.56 Å². The van der Waals surface area contributed by atoms with E-state index in [4.69, 9.17) is 9.47 Å². The van der Waals surface area contributed by atoms with Gasteiger partial charge in [0.05, 0.1) is 14.2 Å². The molecule has 21 heavy (non-hydrogen) atoms. The highest BCUT2D eigenvalue weighted by Crippen LogP contribution is 2.21. The van der Waals surface area contributed by atoms with Crippen LogP contribution in [0.4, 0.5) is 5.69 Å². The smallest absolute Gasteiger partial charge is 0.325 e. The fourth-order valence-electron chi connectivity index (χ4n) is 2.06. The molecule has 4 nitrogen and oxygen atoms in total. The number of carbonyl (C=O) groups excluding carboxylic acids is 1. The van der Waals surface area contributed by atoms with Crippen LogP contribution in [0.25, 0.3) is 0 Å². The van der Waals surface area contributed by atoms with Gasteiger partial charge < -0.3 is 14.4 Å². The highest BCUT2D eigenvalue weighted by atomic mass is 16.5. The summed E-state index contributed by atoms with van der Waals surface area (Å²) in [6.45, 7) is 0.847. The van der Waals surface area contributed by atoms with Gasteiger partial charge in [-0.25, -0.2) is 0 Å². The predicted octanol–water partition coefficient (Wildman–Crippen LogP) is 2.87. The van der Waals surface area contributed by atoms with Crippen molar-refractivity contribution in [1.82, 2.24) is 0 Å². The van der Waals surface area contributed by atoms with E-state index < -0.39 is 0 Å². The van der Waals surface area contributed by atoms with Gasteiger partial charge in [0.15, 0.2) is 0 Å². The lowest BCUT2D eigenvalue weighted by Crippen LogP contribution is -2.30. The molecule has 0 heterocycles. The van der Waals surface area contributed by atoms with Gasteiger partial charge in [-0.15, -0.1) is 0 Å². The number of rotatable bonds is 6. The minimum Gasteiger partial charge on any atom is -0.497 e. The van der Waals surface area contributed by atoms with E-state index in [1.807, 2.05) is 59.5 Å². The third-order valence-electron chi connectivity index (χ3n) is 3.20. The Hall–Kier alpha value is -2.49. The Morgan fingerprint density at radius 2 is 1.67 bits per heavy atom. The van der Waals surface area contributed by atoms with Crippen LogP contribution in [0.2, 0.25) is 0 Å². The van der Waals surface area contributed by atoms with Crippen molar-refractivity contribution in [3.8, 4) is 5.75 Å². The van der Waals surface area contributed by atoms with Crippen LogP contribution in [-0.2, 0) is 16.1 Å². The molecule has 0 saturated heterocycles. The number of hydrogen-bond acceptors (Lipinski definition) is 4. The van der Waals surface area contributed by atoms with E-state index >= 15 is 0 Å². The number of carbonyl (C=O) groups is 1. The standard InChI is InChI=1S/C17H19NO3/c1-20-16-10-8-15(9-11-16)18(13-17(19)21-2)12-14-6-4-3-5-7-14/h3-11H,12-13H2,1-2H3. The van der Waals surface area contributed by atoms with Crippen LogP contribution >= 0.6 is 0 Å². The summed E-state index contributed by atoms with van der Waals surface area (Å²) in [6, 6.07) is 17.6. The van der Waals surface area contributed by atoms with Crippen LogP contribution in [-0.4, -0.2) is 26.7 Å². The Labute approximate surface area is 124 Å². The van der Waals surface area contributed by atoms with Gasteiger partial charge in [0.25, 0.3) is 0 Å². The van der Waals surface area contributed by atoms with E-state index in [2.05, 4.69) is 0 Å². The van der Waals surface area contributed by atoms with Crippen LogP contribution in [0.5, 0.6) is 5.75 Å². The highest BCUT2D eigenvalue weighted by molar-refractivity contribution is 5.75. The maximum Gasteiger partial charge on any atom is 0.325 e. The quantitative estimate of drug-likeness (QED) is 0.765. The Kier molecular flexibility index (Phi) is 5.21. The van der Waals surface area contributed by atoms with Crippen molar-refractivity contribution in [3.63, 3.8) is 0 Å². The van der Waals surface area contributed by atoms with E-state index in [0.29, 0.717) is 6.54 Å². The number of nitrogens with zero attached hydrogens (tertiary/aromatic N) is 1.